The Kier molecular flexibility index (Phi) is 8.44. The molecule has 0 atom stereocenters. The maximum Gasteiger partial charge on any atom is 0.243 e. The molecule has 8 heteroatoms. The predicted molar refractivity (Wildman–Crippen MR) is 111 cm³/mol. The molecular formula is C19H30N2O4S2. The minimum Gasteiger partial charge on any atom is -0.495 e. The molecule has 2 rings (SSSR count). The van der Waals surface area contributed by atoms with Crippen LogP contribution in [-0.4, -0.2) is 50.3 Å². The Morgan fingerprint density at radius 2 is 1.89 bits per heavy atom. The van der Waals surface area contributed by atoms with Gasteiger partial charge in [-0.2, -0.15) is 16.1 Å². The van der Waals surface area contributed by atoms with E-state index in [9.17, 15) is 13.2 Å². The van der Waals surface area contributed by atoms with Gasteiger partial charge in [-0.3, -0.25) is 4.79 Å². The summed E-state index contributed by atoms with van der Waals surface area (Å²) in [5.74, 6) is 2.02. The quantitative estimate of drug-likeness (QED) is 0.704. The first-order valence-electron chi connectivity index (χ1n) is 9.40. The zero-order chi connectivity index (χ0) is 19.9. The number of nitrogens with one attached hydrogen (secondary N) is 1. The normalized spacial score (nSPS) is 16.1. The molecule has 0 unspecified atom stereocenters. The number of ether oxygens (including phenoxy) is 1. The lowest BCUT2D eigenvalue weighted by Gasteiger charge is -2.21. The fourth-order valence-electron chi connectivity index (χ4n) is 2.95. The fourth-order valence-corrected chi connectivity index (χ4v) is 5.34. The molecule has 1 heterocycles. The van der Waals surface area contributed by atoms with Crippen LogP contribution in [0.4, 0.5) is 5.69 Å². The van der Waals surface area contributed by atoms with Crippen LogP contribution >= 0.6 is 11.8 Å². The van der Waals surface area contributed by atoms with Gasteiger partial charge in [0.2, 0.25) is 15.9 Å². The average molecular weight is 415 g/mol. The summed E-state index contributed by atoms with van der Waals surface area (Å²) in [5, 5.41) is 2.80. The van der Waals surface area contributed by atoms with Gasteiger partial charge in [-0.15, -0.1) is 0 Å². The molecule has 1 aromatic rings. The molecule has 0 spiro atoms. The second-order valence-electron chi connectivity index (χ2n) is 7.14. The molecule has 27 heavy (non-hydrogen) atoms. The summed E-state index contributed by atoms with van der Waals surface area (Å²) in [4.78, 5) is 12.4. The van der Waals surface area contributed by atoms with Crippen LogP contribution in [0, 0.1) is 5.92 Å². The smallest absolute Gasteiger partial charge is 0.243 e. The molecule has 1 amide bonds. The van der Waals surface area contributed by atoms with Gasteiger partial charge in [0.15, 0.2) is 0 Å². The number of amides is 1. The topological polar surface area (TPSA) is 75.7 Å². The molecule has 1 aliphatic rings. The molecule has 6 nitrogen and oxygen atoms in total. The van der Waals surface area contributed by atoms with E-state index in [1.165, 1.54) is 13.2 Å². The van der Waals surface area contributed by atoms with E-state index in [2.05, 4.69) is 19.2 Å². The summed E-state index contributed by atoms with van der Waals surface area (Å²) < 4.78 is 32.8. The highest BCUT2D eigenvalue weighted by molar-refractivity contribution is 7.99. The van der Waals surface area contributed by atoms with E-state index in [1.54, 1.807) is 28.2 Å². The Morgan fingerprint density at radius 1 is 1.22 bits per heavy atom. The number of anilines is 1. The number of thioether (sulfide) groups is 1. The summed E-state index contributed by atoms with van der Waals surface area (Å²) in [5.41, 5.74) is 0.392. The first kappa shape index (κ1) is 22.0. The number of methoxy groups -OCH3 is 1. The maximum atomic E-state index is 13.0. The largest absolute Gasteiger partial charge is 0.495 e. The van der Waals surface area contributed by atoms with Crippen molar-refractivity contribution in [1.82, 2.24) is 4.31 Å². The highest BCUT2D eigenvalue weighted by Gasteiger charge is 2.26. The average Bonchev–Trinajstić information content (AvgIpc) is 2.91. The van der Waals surface area contributed by atoms with Crippen LogP contribution in [0.1, 0.15) is 39.5 Å². The molecule has 152 valence electrons. The summed E-state index contributed by atoms with van der Waals surface area (Å²) in [6.07, 6.45) is 3.88. The zero-order valence-corrected chi connectivity index (χ0v) is 18.0. The van der Waals surface area contributed by atoms with Crippen molar-refractivity contribution >= 4 is 33.4 Å². The van der Waals surface area contributed by atoms with Crippen molar-refractivity contribution in [3.63, 3.8) is 0 Å². The molecule has 1 N–H and O–H groups in total. The van der Waals surface area contributed by atoms with Crippen molar-refractivity contribution in [2.45, 2.75) is 44.4 Å². The molecule has 0 aromatic heterocycles. The fraction of sp³-hybridized carbons (Fsp3) is 0.632. The second kappa shape index (κ2) is 10.3. The predicted octanol–water partition coefficient (Wildman–Crippen LogP) is 3.59. The van der Waals surface area contributed by atoms with E-state index in [0.29, 0.717) is 36.2 Å². The SMILES string of the molecule is COc1ccc(S(=O)(=O)N2CCCCCC2)cc1NC(=O)CSCC(C)C. The minimum atomic E-state index is -3.58. The molecule has 1 fully saturated rings. The van der Waals surface area contributed by atoms with Crippen LogP contribution in [-0.2, 0) is 14.8 Å². The molecule has 1 aromatic carbocycles. The van der Waals surface area contributed by atoms with Gasteiger partial charge >= 0.3 is 0 Å². The Bertz CT molecular complexity index is 727. The molecule has 0 aliphatic carbocycles. The van der Waals surface area contributed by atoms with E-state index >= 15 is 0 Å². The van der Waals surface area contributed by atoms with Crippen molar-refractivity contribution in [3.05, 3.63) is 18.2 Å². The molecule has 0 radical (unpaired) electrons. The van der Waals surface area contributed by atoms with Gasteiger partial charge in [0.1, 0.15) is 5.75 Å². The van der Waals surface area contributed by atoms with Gasteiger partial charge < -0.3 is 10.1 Å². The third kappa shape index (κ3) is 6.40. The number of hydrogen-bond acceptors (Lipinski definition) is 5. The lowest BCUT2D eigenvalue weighted by Crippen LogP contribution is -2.32. The van der Waals surface area contributed by atoms with E-state index < -0.39 is 10.0 Å². The lowest BCUT2D eigenvalue weighted by atomic mass is 10.2. The van der Waals surface area contributed by atoms with Crippen LogP contribution in [0.5, 0.6) is 5.75 Å². The summed E-state index contributed by atoms with van der Waals surface area (Å²) in [6, 6.07) is 4.65. The number of carbonyl (C=O) groups is 1. The maximum absolute atomic E-state index is 13.0. The Labute approximate surface area is 167 Å². The van der Waals surface area contributed by atoms with Gasteiger partial charge in [-0.05, 0) is 42.7 Å². The number of carbonyl (C=O) groups excluding carboxylic acids is 1. The van der Waals surface area contributed by atoms with Gasteiger partial charge in [-0.1, -0.05) is 26.7 Å². The molecule has 0 bridgehead atoms. The van der Waals surface area contributed by atoms with Crippen molar-refractivity contribution in [1.29, 1.82) is 0 Å². The summed E-state index contributed by atoms with van der Waals surface area (Å²) in [7, 11) is -2.07. The van der Waals surface area contributed by atoms with Crippen molar-refractivity contribution in [3.8, 4) is 5.75 Å². The van der Waals surface area contributed by atoms with Crippen LogP contribution in [0.25, 0.3) is 0 Å². The molecule has 1 saturated heterocycles. The zero-order valence-electron chi connectivity index (χ0n) is 16.4. The summed E-state index contributed by atoms with van der Waals surface area (Å²) in [6.45, 7) is 5.29. The van der Waals surface area contributed by atoms with Crippen molar-refractivity contribution < 1.29 is 17.9 Å². The third-order valence-corrected chi connectivity index (χ3v) is 7.60. The van der Waals surface area contributed by atoms with Crippen LogP contribution in [0.2, 0.25) is 0 Å². The van der Waals surface area contributed by atoms with Crippen LogP contribution < -0.4 is 10.1 Å². The number of rotatable bonds is 8. The van der Waals surface area contributed by atoms with E-state index in [0.717, 1.165) is 31.4 Å². The Balaban J connectivity index is 2.17. The summed E-state index contributed by atoms with van der Waals surface area (Å²) >= 11 is 1.56. The van der Waals surface area contributed by atoms with Crippen molar-refractivity contribution in [2.75, 3.05) is 37.0 Å². The van der Waals surface area contributed by atoms with E-state index in [-0.39, 0.29) is 10.8 Å². The molecule has 1 aliphatic heterocycles. The number of hydrogen-bond donors (Lipinski definition) is 1. The second-order valence-corrected chi connectivity index (χ2v) is 10.1. The first-order chi connectivity index (χ1) is 12.8. The Hall–Kier alpha value is -1.25. The number of sulfonamides is 1. The number of benzene rings is 1. The molecular weight excluding hydrogens is 384 g/mol. The first-order valence-corrected chi connectivity index (χ1v) is 12.0. The van der Waals surface area contributed by atoms with Gasteiger partial charge in [0.05, 0.1) is 23.4 Å². The van der Waals surface area contributed by atoms with Crippen LogP contribution in [0.3, 0.4) is 0 Å². The lowest BCUT2D eigenvalue weighted by molar-refractivity contribution is -0.113. The van der Waals surface area contributed by atoms with Gasteiger partial charge in [0, 0.05) is 13.1 Å². The minimum absolute atomic E-state index is 0.164. The van der Waals surface area contributed by atoms with Crippen LogP contribution in [0.15, 0.2) is 23.1 Å². The van der Waals surface area contributed by atoms with E-state index in [1.807, 2.05) is 0 Å². The Morgan fingerprint density at radius 3 is 2.48 bits per heavy atom. The highest BCUT2D eigenvalue weighted by atomic mass is 32.2. The monoisotopic (exact) mass is 414 g/mol. The molecule has 0 saturated carbocycles. The van der Waals surface area contributed by atoms with E-state index in [4.69, 9.17) is 4.74 Å². The number of nitrogens with zero attached hydrogens (tertiary/aromatic N) is 1. The standard InChI is InChI=1S/C19H30N2O4S2/c1-15(2)13-26-14-19(22)20-17-12-16(8-9-18(17)25-3)27(23,24)21-10-6-4-5-7-11-21/h8-9,12,15H,4-7,10-11,13-14H2,1-3H3,(H,20,22). The van der Waals surface area contributed by atoms with Gasteiger partial charge in [-0.25, -0.2) is 8.42 Å². The van der Waals surface area contributed by atoms with Gasteiger partial charge in [0.25, 0.3) is 0 Å². The van der Waals surface area contributed by atoms with Crippen molar-refractivity contribution in [2.24, 2.45) is 5.92 Å². The highest BCUT2D eigenvalue weighted by Crippen LogP contribution is 2.30. The third-order valence-electron chi connectivity index (χ3n) is 4.33.